The average Bonchev–Trinajstić information content (AvgIpc) is 2.30. The molecular formula is C14H27F3N2O. The first-order chi connectivity index (χ1) is 9.11. The Hall–Kier alpha value is -0.780. The van der Waals surface area contributed by atoms with E-state index in [0.717, 1.165) is 17.7 Å². The molecule has 120 valence electrons. The molecule has 20 heavy (non-hydrogen) atoms. The molecule has 6 heteroatoms. The van der Waals surface area contributed by atoms with Crippen molar-refractivity contribution in [1.82, 2.24) is 4.90 Å². The highest BCUT2D eigenvalue weighted by Crippen LogP contribution is 2.27. The van der Waals surface area contributed by atoms with Gasteiger partial charge in [-0.1, -0.05) is 27.2 Å². The highest BCUT2D eigenvalue weighted by Gasteiger charge is 2.33. The largest absolute Gasteiger partial charge is 0.406 e. The van der Waals surface area contributed by atoms with E-state index in [1.165, 1.54) is 0 Å². The normalized spacial score (nSPS) is 12.6. The third-order valence-corrected chi connectivity index (χ3v) is 3.34. The number of hydrogen-bond acceptors (Lipinski definition) is 2. The Labute approximate surface area is 119 Å². The molecule has 0 radical (unpaired) electrons. The maximum atomic E-state index is 12.5. The van der Waals surface area contributed by atoms with Gasteiger partial charge in [0.15, 0.2) is 0 Å². The van der Waals surface area contributed by atoms with Crippen molar-refractivity contribution in [1.29, 1.82) is 0 Å². The van der Waals surface area contributed by atoms with Gasteiger partial charge in [0.2, 0.25) is 5.91 Å². The van der Waals surface area contributed by atoms with Crippen LogP contribution in [-0.4, -0.2) is 36.6 Å². The summed E-state index contributed by atoms with van der Waals surface area (Å²) in [6, 6.07) is 0. The molecule has 0 aromatic rings. The van der Waals surface area contributed by atoms with E-state index in [4.69, 9.17) is 5.73 Å². The zero-order valence-corrected chi connectivity index (χ0v) is 12.7. The van der Waals surface area contributed by atoms with Crippen molar-refractivity contribution in [2.45, 2.75) is 59.1 Å². The topological polar surface area (TPSA) is 46.3 Å². The summed E-state index contributed by atoms with van der Waals surface area (Å²) < 4.78 is 37.4. The quantitative estimate of drug-likeness (QED) is 0.709. The number of halogens is 3. The minimum Gasteiger partial charge on any atom is -0.334 e. The lowest BCUT2D eigenvalue weighted by atomic mass is 9.84. The van der Waals surface area contributed by atoms with Crippen molar-refractivity contribution in [3.63, 3.8) is 0 Å². The molecule has 0 heterocycles. The van der Waals surface area contributed by atoms with Crippen LogP contribution in [0.5, 0.6) is 0 Å². The summed E-state index contributed by atoms with van der Waals surface area (Å²) in [5.74, 6) is -0.416. The molecule has 0 aromatic heterocycles. The molecule has 0 rings (SSSR count). The molecule has 0 unspecified atom stereocenters. The Balaban J connectivity index is 4.47. The SMILES string of the molecule is CCCCN(CC(F)(F)F)C(=O)CCC(C)(C)CCN. The fourth-order valence-electron chi connectivity index (χ4n) is 1.98. The molecule has 1 amide bonds. The van der Waals surface area contributed by atoms with Crippen LogP contribution in [0.25, 0.3) is 0 Å². The molecule has 0 atom stereocenters. The Morgan fingerprint density at radius 1 is 1.20 bits per heavy atom. The first-order valence-electron chi connectivity index (χ1n) is 7.16. The van der Waals surface area contributed by atoms with Crippen LogP contribution in [0.4, 0.5) is 13.2 Å². The predicted octanol–water partition coefficient (Wildman–Crippen LogP) is 3.33. The fraction of sp³-hybridized carbons (Fsp3) is 0.929. The van der Waals surface area contributed by atoms with E-state index in [1.807, 2.05) is 20.8 Å². The predicted molar refractivity (Wildman–Crippen MR) is 74.2 cm³/mol. The summed E-state index contributed by atoms with van der Waals surface area (Å²) in [5, 5.41) is 0. The fourth-order valence-corrected chi connectivity index (χ4v) is 1.98. The number of nitrogens with zero attached hydrogens (tertiary/aromatic N) is 1. The number of carbonyl (C=O) groups excluding carboxylic acids is 1. The van der Waals surface area contributed by atoms with E-state index in [-0.39, 0.29) is 18.4 Å². The molecule has 0 bridgehead atoms. The van der Waals surface area contributed by atoms with Gasteiger partial charge in [-0.15, -0.1) is 0 Å². The molecule has 0 aliphatic heterocycles. The second kappa shape index (κ2) is 8.49. The number of amides is 1. The first kappa shape index (κ1) is 19.2. The van der Waals surface area contributed by atoms with Crippen molar-refractivity contribution < 1.29 is 18.0 Å². The van der Waals surface area contributed by atoms with E-state index in [2.05, 4.69) is 0 Å². The minimum atomic E-state index is -4.34. The number of carbonyl (C=O) groups is 1. The van der Waals surface area contributed by atoms with Crippen LogP contribution in [0.1, 0.15) is 52.9 Å². The second-order valence-corrected chi connectivity index (χ2v) is 5.99. The van der Waals surface area contributed by atoms with E-state index < -0.39 is 18.6 Å². The molecule has 0 saturated heterocycles. The number of unbranched alkanes of at least 4 members (excludes halogenated alkanes) is 1. The summed E-state index contributed by atoms with van der Waals surface area (Å²) in [6.07, 6.45) is -1.52. The molecule has 0 spiro atoms. The molecule has 0 saturated carbocycles. The Morgan fingerprint density at radius 2 is 1.80 bits per heavy atom. The van der Waals surface area contributed by atoms with Crippen molar-refractivity contribution in [2.75, 3.05) is 19.6 Å². The van der Waals surface area contributed by atoms with Gasteiger partial charge in [0.1, 0.15) is 6.54 Å². The van der Waals surface area contributed by atoms with Gasteiger partial charge in [-0.05, 0) is 31.2 Å². The van der Waals surface area contributed by atoms with Crippen LogP contribution in [0.3, 0.4) is 0 Å². The van der Waals surface area contributed by atoms with Crippen LogP contribution < -0.4 is 5.73 Å². The van der Waals surface area contributed by atoms with Crippen molar-refractivity contribution in [3.05, 3.63) is 0 Å². The molecule has 0 aromatic carbocycles. The summed E-state index contributed by atoms with van der Waals surface area (Å²) in [6.45, 7) is 5.39. The number of rotatable bonds is 9. The number of nitrogens with two attached hydrogens (primary N) is 1. The van der Waals surface area contributed by atoms with Gasteiger partial charge in [-0.3, -0.25) is 4.79 Å². The Kier molecular flexibility index (Phi) is 8.16. The first-order valence-corrected chi connectivity index (χ1v) is 7.16. The summed E-state index contributed by atoms with van der Waals surface area (Å²) >= 11 is 0. The Morgan fingerprint density at radius 3 is 2.25 bits per heavy atom. The highest BCUT2D eigenvalue weighted by atomic mass is 19.4. The van der Waals surface area contributed by atoms with E-state index in [0.29, 0.717) is 19.4 Å². The summed E-state index contributed by atoms with van der Waals surface area (Å²) in [5.41, 5.74) is 5.37. The van der Waals surface area contributed by atoms with E-state index in [9.17, 15) is 18.0 Å². The zero-order valence-electron chi connectivity index (χ0n) is 12.7. The summed E-state index contributed by atoms with van der Waals surface area (Å²) in [7, 11) is 0. The third kappa shape index (κ3) is 9.18. The molecule has 0 aliphatic carbocycles. The zero-order chi connectivity index (χ0) is 15.8. The van der Waals surface area contributed by atoms with Gasteiger partial charge in [0.25, 0.3) is 0 Å². The molecule has 2 N–H and O–H groups in total. The van der Waals surface area contributed by atoms with Gasteiger partial charge in [-0.2, -0.15) is 13.2 Å². The van der Waals surface area contributed by atoms with Gasteiger partial charge in [-0.25, -0.2) is 0 Å². The third-order valence-electron chi connectivity index (χ3n) is 3.34. The number of alkyl halides is 3. The van der Waals surface area contributed by atoms with Crippen molar-refractivity contribution >= 4 is 5.91 Å². The Bertz CT molecular complexity index is 291. The minimum absolute atomic E-state index is 0.112. The maximum absolute atomic E-state index is 12.5. The lowest BCUT2D eigenvalue weighted by Crippen LogP contribution is -2.40. The average molecular weight is 296 g/mol. The standard InChI is InChI=1S/C14H27F3N2O/c1-4-5-10-19(11-14(15,16)17)12(20)6-7-13(2,3)8-9-18/h4-11,18H2,1-3H3. The lowest BCUT2D eigenvalue weighted by Gasteiger charge is -2.27. The van der Waals surface area contributed by atoms with Crippen molar-refractivity contribution in [3.8, 4) is 0 Å². The molecule has 0 fully saturated rings. The van der Waals surface area contributed by atoms with E-state index >= 15 is 0 Å². The van der Waals surface area contributed by atoms with Crippen molar-refractivity contribution in [2.24, 2.45) is 11.1 Å². The van der Waals surface area contributed by atoms with Crippen LogP contribution >= 0.6 is 0 Å². The van der Waals surface area contributed by atoms with Crippen LogP contribution in [-0.2, 0) is 4.79 Å². The second-order valence-electron chi connectivity index (χ2n) is 5.99. The molecule has 0 aliphatic rings. The molecular weight excluding hydrogens is 269 g/mol. The van der Waals surface area contributed by atoms with Crippen LogP contribution in [0.15, 0.2) is 0 Å². The monoisotopic (exact) mass is 296 g/mol. The van der Waals surface area contributed by atoms with Gasteiger partial charge in [0.05, 0.1) is 0 Å². The van der Waals surface area contributed by atoms with E-state index in [1.54, 1.807) is 0 Å². The highest BCUT2D eigenvalue weighted by molar-refractivity contribution is 5.76. The van der Waals surface area contributed by atoms with Gasteiger partial charge >= 0.3 is 6.18 Å². The molecule has 3 nitrogen and oxygen atoms in total. The lowest BCUT2D eigenvalue weighted by molar-refractivity contribution is -0.161. The van der Waals surface area contributed by atoms with Crippen LogP contribution in [0.2, 0.25) is 0 Å². The smallest absolute Gasteiger partial charge is 0.334 e. The van der Waals surface area contributed by atoms with Gasteiger partial charge < -0.3 is 10.6 Å². The van der Waals surface area contributed by atoms with Gasteiger partial charge in [0, 0.05) is 13.0 Å². The number of hydrogen-bond donors (Lipinski definition) is 1. The maximum Gasteiger partial charge on any atom is 0.406 e. The summed E-state index contributed by atoms with van der Waals surface area (Å²) in [4.78, 5) is 12.9. The van der Waals surface area contributed by atoms with Crippen LogP contribution in [0, 0.1) is 5.41 Å².